The van der Waals surface area contributed by atoms with Gasteiger partial charge in [-0.3, -0.25) is 0 Å². The first-order chi connectivity index (χ1) is 8.56. The van der Waals surface area contributed by atoms with Crippen molar-refractivity contribution in [2.75, 3.05) is 0 Å². The average Bonchev–Trinajstić information content (AvgIpc) is 2.34. The van der Waals surface area contributed by atoms with Gasteiger partial charge < -0.3 is 10.5 Å². The largest absolute Gasteiger partial charge is 0.444 e. The third kappa shape index (κ3) is 6.00. The summed E-state index contributed by atoms with van der Waals surface area (Å²) in [7, 11) is 0. The van der Waals surface area contributed by atoms with Gasteiger partial charge in [-0.15, -0.1) is 5.01 Å². The average molecular weight is 257 g/mol. The number of carbonyl (C=O) groups excluding carboxylic acids is 3. The van der Waals surface area contributed by atoms with Crippen molar-refractivity contribution in [2.45, 2.75) is 52.1 Å². The second-order valence-corrected chi connectivity index (χ2v) is 3.75. The highest BCUT2D eigenvalue weighted by molar-refractivity contribution is 5.89. The van der Waals surface area contributed by atoms with Gasteiger partial charge in [0.25, 0.3) is 6.08 Å². The molecule has 18 heavy (non-hydrogen) atoms. The van der Waals surface area contributed by atoms with E-state index in [-0.39, 0.29) is 11.1 Å². The molecule has 0 aliphatic rings. The number of ether oxygens (including phenoxy) is 1. The number of hydrazone groups is 1. The number of nitrogens with two attached hydrogens (primary N) is 1. The van der Waals surface area contributed by atoms with Gasteiger partial charge in [0.1, 0.15) is 6.10 Å². The zero-order chi connectivity index (χ0) is 14.0. The predicted octanol–water partition coefficient (Wildman–Crippen LogP) is 2.11. The van der Waals surface area contributed by atoms with E-state index in [2.05, 4.69) is 12.0 Å². The van der Waals surface area contributed by atoms with Gasteiger partial charge in [0.2, 0.25) is 0 Å². The molecule has 102 valence electrons. The molecule has 0 fully saturated rings. The summed E-state index contributed by atoms with van der Waals surface area (Å²) in [6.45, 7) is 3.93. The molecule has 2 N–H and O–H groups in total. The van der Waals surface area contributed by atoms with Crippen molar-refractivity contribution >= 4 is 18.2 Å². The van der Waals surface area contributed by atoms with E-state index in [1.165, 1.54) is 0 Å². The zero-order valence-electron chi connectivity index (χ0n) is 10.7. The van der Waals surface area contributed by atoms with E-state index in [0.29, 0.717) is 12.8 Å². The van der Waals surface area contributed by atoms with Gasteiger partial charge in [-0.2, -0.15) is 0 Å². The Labute approximate surface area is 106 Å². The van der Waals surface area contributed by atoms with E-state index in [0.717, 1.165) is 25.3 Å². The maximum atomic E-state index is 11.5. The standard InChI is InChI=1S/C11H19N3O4/c1-3-5-6-7-9(4-2)18-11(17)14(10(12)16)13-8-15/h9H,3-7H2,1-2H3,(H2,12,16). The highest BCUT2D eigenvalue weighted by atomic mass is 16.6. The highest BCUT2D eigenvalue weighted by Crippen LogP contribution is 2.11. The number of carbonyl (C=O) groups is 2. The first-order valence-electron chi connectivity index (χ1n) is 5.94. The molecule has 7 nitrogen and oxygen atoms in total. The molecule has 0 radical (unpaired) electrons. The molecule has 0 saturated carbocycles. The Kier molecular flexibility index (Phi) is 8.22. The molecule has 0 aliphatic heterocycles. The van der Waals surface area contributed by atoms with Crippen molar-refractivity contribution in [2.24, 2.45) is 10.8 Å². The Morgan fingerprint density at radius 3 is 2.50 bits per heavy atom. The van der Waals surface area contributed by atoms with Crippen LogP contribution in [-0.4, -0.2) is 29.3 Å². The third-order valence-corrected chi connectivity index (χ3v) is 2.37. The topological polar surface area (TPSA) is 102 Å². The summed E-state index contributed by atoms with van der Waals surface area (Å²) in [5.74, 6) is 0. The second kappa shape index (κ2) is 9.18. The molecule has 0 spiro atoms. The number of isocyanates is 1. The number of unbranched alkanes of at least 4 members (excludes halogenated alkanes) is 2. The lowest BCUT2D eigenvalue weighted by Crippen LogP contribution is -2.38. The van der Waals surface area contributed by atoms with Crippen LogP contribution in [0.1, 0.15) is 46.0 Å². The molecule has 1 unspecified atom stereocenters. The summed E-state index contributed by atoms with van der Waals surface area (Å²) in [5, 5.41) is 3.05. The van der Waals surface area contributed by atoms with Crippen LogP contribution in [0.25, 0.3) is 0 Å². The monoisotopic (exact) mass is 257 g/mol. The summed E-state index contributed by atoms with van der Waals surface area (Å²) in [6.07, 6.45) is 4.06. The molecule has 0 aromatic carbocycles. The van der Waals surface area contributed by atoms with Gasteiger partial charge in [-0.25, -0.2) is 14.4 Å². The van der Waals surface area contributed by atoms with E-state index in [4.69, 9.17) is 10.5 Å². The number of imide groups is 1. The number of amides is 3. The first-order valence-corrected chi connectivity index (χ1v) is 5.94. The van der Waals surface area contributed by atoms with Crippen molar-refractivity contribution < 1.29 is 19.1 Å². The first kappa shape index (κ1) is 16.1. The van der Waals surface area contributed by atoms with Gasteiger partial charge >= 0.3 is 12.1 Å². The van der Waals surface area contributed by atoms with Crippen molar-refractivity contribution in [3.63, 3.8) is 0 Å². The van der Waals surface area contributed by atoms with Crippen LogP contribution >= 0.6 is 0 Å². The van der Waals surface area contributed by atoms with Gasteiger partial charge in [-0.1, -0.05) is 31.8 Å². The molecule has 7 heteroatoms. The number of hydrogen-bond acceptors (Lipinski definition) is 5. The predicted molar refractivity (Wildman–Crippen MR) is 64.2 cm³/mol. The Hall–Kier alpha value is -1.88. The summed E-state index contributed by atoms with van der Waals surface area (Å²) >= 11 is 0. The quantitative estimate of drug-likeness (QED) is 0.326. The van der Waals surface area contributed by atoms with E-state index >= 15 is 0 Å². The summed E-state index contributed by atoms with van der Waals surface area (Å²) in [4.78, 5) is 32.4. The van der Waals surface area contributed by atoms with Crippen molar-refractivity contribution in [3.8, 4) is 0 Å². The summed E-state index contributed by atoms with van der Waals surface area (Å²) in [5.41, 5.74) is 4.88. The molecule has 0 rings (SSSR count). The summed E-state index contributed by atoms with van der Waals surface area (Å²) in [6, 6.07) is -1.17. The van der Waals surface area contributed by atoms with Crippen molar-refractivity contribution in [1.29, 1.82) is 0 Å². The Morgan fingerprint density at radius 1 is 1.39 bits per heavy atom. The fourth-order valence-electron chi connectivity index (χ4n) is 1.38. The molecule has 0 heterocycles. The highest BCUT2D eigenvalue weighted by Gasteiger charge is 2.23. The van der Waals surface area contributed by atoms with Crippen LogP contribution in [0.4, 0.5) is 9.59 Å². The molecule has 1 atom stereocenters. The lowest BCUT2D eigenvalue weighted by Gasteiger charge is -2.18. The molecule has 0 saturated heterocycles. The van der Waals surface area contributed by atoms with Gasteiger partial charge in [0.15, 0.2) is 0 Å². The minimum atomic E-state index is -1.17. The second-order valence-electron chi connectivity index (χ2n) is 3.75. The molecular formula is C11H19N3O4. The normalized spacial score (nSPS) is 11.2. The van der Waals surface area contributed by atoms with Crippen LogP contribution in [0.3, 0.4) is 0 Å². The van der Waals surface area contributed by atoms with Crippen LogP contribution in [0.5, 0.6) is 0 Å². The lowest BCUT2D eigenvalue weighted by molar-refractivity contribution is 0.0650. The Bertz CT molecular complexity index is 324. The SMILES string of the molecule is CCCCCC(CC)OC(=O)N(N=C=O)C(N)=O. The lowest BCUT2D eigenvalue weighted by atomic mass is 10.1. The van der Waals surface area contributed by atoms with Crippen LogP contribution < -0.4 is 5.73 Å². The minimum Gasteiger partial charge on any atom is -0.444 e. The van der Waals surface area contributed by atoms with Crippen molar-refractivity contribution in [3.05, 3.63) is 0 Å². The van der Waals surface area contributed by atoms with Gasteiger partial charge in [-0.05, 0) is 19.3 Å². The number of rotatable bonds is 7. The number of primary amides is 1. The molecule has 0 aromatic rings. The molecular weight excluding hydrogens is 238 g/mol. The maximum absolute atomic E-state index is 11.5. The fraction of sp³-hybridized carbons (Fsp3) is 0.727. The van der Waals surface area contributed by atoms with Crippen LogP contribution in [0, 0.1) is 0 Å². The zero-order valence-corrected chi connectivity index (χ0v) is 10.7. The van der Waals surface area contributed by atoms with Crippen LogP contribution in [0.2, 0.25) is 0 Å². The Balaban J connectivity index is 4.39. The minimum absolute atomic E-state index is 0.162. The molecule has 3 amide bonds. The molecule has 0 aromatic heterocycles. The number of hydrogen-bond donors (Lipinski definition) is 1. The summed E-state index contributed by atoms with van der Waals surface area (Å²) < 4.78 is 5.04. The van der Waals surface area contributed by atoms with Crippen LogP contribution in [0.15, 0.2) is 5.10 Å². The smallest absolute Gasteiger partial charge is 0.440 e. The van der Waals surface area contributed by atoms with Gasteiger partial charge in [0.05, 0.1) is 0 Å². The number of urea groups is 1. The molecule has 0 aliphatic carbocycles. The Morgan fingerprint density at radius 2 is 2.06 bits per heavy atom. The number of nitrogens with zero attached hydrogens (tertiary/aromatic N) is 2. The van der Waals surface area contributed by atoms with E-state index < -0.39 is 12.1 Å². The van der Waals surface area contributed by atoms with Crippen molar-refractivity contribution in [1.82, 2.24) is 5.01 Å². The van der Waals surface area contributed by atoms with Gasteiger partial charge in [0, 0.05) is 0 Å². The fourth-order valence-corrected chi connectivity index (χ4v) is 1.38. The third-order valence-electron chi connectivity index (χ3n) is 2.37. The van der Waals surface area contributed by atoms with E-state index in [1.807, 2.05) is 6.92 Å². The maximum Gasteiger partial charge on any atom is 0.440 e. The van der Waals surface area contributed by atoms with E-state index in [1.54, 1.807) is 0 Å². The van der Waals surface area contributed by atoms with E-state index in [9.17, 15) is 14.4 Å². The van der Waals surface area contributed by atoms with Crippen LogP contribution in [-0.2, 0) is 9.53 Å². The molecule has 0 bridgehead atoms.